The fraction of sp³-hybridized carbons (Fsp3) is 0.467. The summed E-state index contributed by atoms with van der Waals surface area (Å²) in [4.78, 5) is 5.55. The van der Waals surface area contributed by atoms with E-state index < -0.39 is 0 Å². The van der Waals surface area contributed by atoms with E-state index in [1.807, 2.05) is 0 Å². The third-order valence-electron chi connectivity index (χ3n) is 3.76. The van der Waals surface area contributed by atoms with Gasteiger partial charge in [0.15, 0.2) is 0 Å². The van der Waals surface area contributed by atoms with Gasteiger partial charge in [-0.05, 0) is 39.6 Å². The Kier molecular flexibility index (Phi) is 3.73. The van der Waals surface area contributed by atoms with Crippen LogP contribution in [0.4, 0.5) is 0 Å². The van der Waals surface area contributed by atoms with E-state index in [-0.39, 0.29) is 5.54 Å². The van der Waals surface area contributed by atoms with Crippen molar-refractivity contribution in [1.29, 1.82) is 0 Å². The van der Waals surface area contributed by atoms with Gasteiger partial charge in [0.25, 0.3) is 0 Å². The van der Waals surface area contributed by atoms with Crippen LogP contribution in [-0.4, -0.2) is 36.1 Å². The summed E-state index contributed by atoms with van der Waals surface area (Å²) in [6.07, 6.45) is 2.10. The van der Waals surface area contributed by atoms with Crippen molar-refractivity contribution >= 4 is 10.9 Å². The quantitative estimate of drug-likeness (QED) is 0.848. The van der Waals surface area contributed by atoms with Crippen molar-refractivity contribution in [2.24, 2.45) is 0 Å². The largest absolute Gasteiger partial charge is 0.361 e. The molecule has 0 aliphatic rings. The maximum absolute atomic E-state index is 3.54. The van der Waals surface area contributed by atoms with Crippen LogP contribution in [0, 0.1) is 0 Å². The SMILES string of the molecule is CN(C)C(C)(C)CNCc1c[nH]c2ccccc12. The van der Waals surface area contributed by atoms with Gasteiger partial charge in [0, 0.05) is 35.7 Å². The molecular formula is C15H23N3. The van der Waals surface area contributed by atoms with Gasteiger partial charge in [-0.2, -0.15) is 0 Å². The molecule has 0 fully saturated rings. The van der Waals surface area contributed by atoms with Gasteiger partial charge in [0.05, 0.1) is 0 Å². The highest BCUT2D eigenvalue weighted by molar-refractivity contribution is 5.82. The van der Waals surface area contributed by atoms with Crippen LogP contribution >= 0.6 is 0 Å². The van der Waals surface area contributed by atoms with Crippen molar-refractivity contribution in [2.75, 3.05) is 20.6 Å². The number of para-hydroxylation sites is 1. The highest BCUT2D eigenvalue weighted by atomic mass is 15.2. The Balaban J connectivity index is 1.99. The molecule has 0 aliphatic carbocycles. The molecule has 0 aliphatic heterocycles. The molecule has 3 heteroatoms. The summed E-state index contributed by atoms with van der Waals surface area (Å²) < 4.78 is 0. The molecule has 0 saturated heterocycles. The Morgan fingerprint density at radius 1 is 1.22 bits per heavy atom. The summed E-state index contributed by atoms with van der Waals surface area (Å²) in [5.74, 6) is 0. The van der Waals surface area contributed by atoms with Crippen molar-refractivity contribution in [3.05, 3.63) is 36.0 Å². The predicted molar refractivity (Wildman–Crippen MR) is 77.8 cm³/mol. The molecule has 0 unspecified atom stereocenters. The fourth-order valence-electron chi connectivity index (χ4n) is 1.94. The minimum Gasteiger partial charge on any atom is -0.361 e. The molecule has 3 nitrogen and oxygen atoms in total. The molecule has 0 saturated carbocycles. The Bertz CT molecular complexity index is 511. The Morgan fingerprint density at radius 2 is 1.94 bits per heavy atom. The second-order valence-electron chi connectivity index (χ2n) is 5.67. The van der Waals surface area contributed by atoms with Gasteiger partial charge in [-0.25, -0.2) is 0 Å². The van der Waals surface area contributed by atoms with E-state index in [1.54, 1.807) is 0 Å². The molecule has 0 atom stereocenters. The number of nitrogens with zero attached hydrogens (tertiary/aromatic N) is 1. The lowest BCUT2D eigenvalue weighted by Crippen LogP contribution is -2.46. The third kappa shape index (κ3) is 2.74. The van der Waals surface area contributed by atoms with Gasteiger partial charge in [-0.15, -0.1) is 0 Å². The monoisotopic (exact) mass is 245 g/mol. The molecule has 2 N–H and O–H groups in total. The van der Waals surface area contributed by atoms with Crippen molar-refractivity contribution in [2.45, 2.75) is 25.9 Å². The number of hydrogen-bond acceptors (Lipinski definition) is 2. The fourth-order valence-corrected chi connectivity index (χ4v) is 1.94. The molecule has 0 bridgehead atoms. The maximum Gasteiger partial charge on any atom is 0.0457 e. The zero-order valence-corrected chi connectivity index (χ0v) is 11.7. The predicted octanol–water partition coefficient (Wildman–Crippen LogP) is 2.60. The van der Waals surface area contributed by atoms with Gasteiger partial charge < -0.3 is 15.2 Å². The van der Waals surface area contributed by atoms with Crippen LogP contribution in [-0.2, 0) is 6.54 Å². The highest BCUT2D eigenvalue weighted by Gasteiger charge is 2.19. The number of H-pyrrole nitrogens is 1. The lowest BCUT2D eigenvalue weighted by Gasteiger charge is -2.32. The molecule has 18 heavy (non-hydrogen) atoms. The first kappa shape index (κ1) is 13.1. The van der Waals surface area contributed by atoms with Gasteiger partial charge in [-0.3, -0.25) is 0 Å². The van der Waals surface area contributed by atoms with Crippen LogP contribution in [0.25, 0.3) is 10.9 Å². The zero-order valence-electron chi connectivity index (χ0n) is 11.7. The second-order valence-corrected chi connectivity index (χ2v) is 5.67. The molecule has 2 aromatic rings. The second kappa shape index (κ2) is 5.12. The van der Waals surface area contributed by atoms with Crippen molar-refractivity contribution < 1.29 is 0 Å². The normalized spacial score (nSPS) is 12.5. The third-order valence-corrected chi connectivity index (χ3v) is 3.76. The lowest BCUT2D eigenvalue weighted by atomic mass is 10.0. The lowest BCUT2D eigenvalue weighted by molar-refractivity contribution is 0.190. The molecular weight excluding hydrogens is 222 g/mol. The highest BCUT2D eigenvalue weighted by Crippen LogP contribution is 2.17. The Morgan fingerprint density at radius 3 is 2.67 bits per heavy atom. The van der Waals surface area contributed by atoms with Crippen LogP contribution in [0.5, 0.6) is 0 Å². The minimum absolute atomic E-state index is 0.173. The van der Waals surface area contributed by atoms with Crippen LogP contribution in [0.15, 0.2) is 30.5 Å². The summed E-state index contributed by atoms with van der Waals surface area (Å²) >= 11 is 0. The average molecular weight is 245 g/mol. The first-order valence-corrected chi connectivity index (χ1v) is 6.44. The first-order chi connectivity index (χ1) is 8.50. The zero-order chi connectivity index (χ0) is 13.2. The average Bonchev–Trinajstić information content (AvgIpc) is 2.72. The molecule has 0 amide bonds. The van der Waals surface area contributed by atoms with Crippen LogP contribution < -0.4 is 5.32 Å². The van der Waals surface area contributed by atoms with E-state index in [1.165, 1.54) is 16.5 Å². The van der Waals surface area contributed by atoms with E-state index in [0.29, 0.717) is 0 Å². The molecule has 0 spiro atoms. The Hall–Kier alpha value is -1.32. The number of rotatable bonds is 5. The number of aromatic amines is 1. The molecule has 2 rings (SSSR count). The molecule has 1 heterocycles. The van der Waals surface area contributed by atoms with Crippen LogP contribution in [0.3, 0.4) is 0 Å². The number of hydrogen-bond donors (Lipinski definition) is 2. The van der Waals surface area contributed by atoms with E-state index in [9.17, 15) is 0 Å². The number of likely N-dealkylation sites (N-methyl/N-ethyl adjacent to an activating group) is 1. The first-order valence-electron chi connectivity index (χ1n) is 6.44. The maximum atomic E-state index is 3.54. The van der Waals surface area contributed by atoms with Crippen LogP contribution in [0.1, 0.15) is 19.4 Å². The Labute approximate surface area is 109 Å². The number of nitrogens with one attached hydrogen (secondary N) is 2. The summed E-state index contributed by atoms with van der Waals surface area (Å²) in [6.45, 7) is 6.37. The topological polar surface area (TPSA) is 31.1 Å². The number of aromatic nitrogens is 1. The van der Waals surface area contributed by atoms with Crippen molar-refractivity contribution in [3.8, 4) is 0 Å². The van der Waals surface area contributed by atoms with Crippen molar-refractivity contribution in [1.82, 2.24) is 15.2 Å². The minimum atomic E-state index is 0.173. The van der Waals surface area contributed by atoms with Gasteiger partial charge in [0.2, 0.25) is 0 Å². The van der Waals surface area contributed by atoms with Gasteiger partial charge in [-0.1, -0.05) is 18.2 Å². The smallest absolute Gasteiger partial charge is 0.0457 e. The van der Waals surface area contributed by atoms with E-state index in [2.05, 4.69) is 73.6 Å². The van der Waals surface area contributed by atoms with E-state index in [0.717, 1.165) is 13.1 Å². The number of fused-ring (bicyclic) bond motifs is 1. The van der Waals surface area contributed by atoms with Gasteiger partial charge >= 0.3 is 0 Å². The van der Waals surface area contributed by atoms with E-state index >= 15 is 0 Å². The van der Waals surface area contributed by atoms with Crippen LogP contribution in [0.2, 0.25) is 0 Å². The molecule has 98 valence electrons. The standard InChI is InChI=1S/C15H23N3/c1-15(2,18(3)4)11-16-9-12-10-17-14-8-6-5-7-13(12)14/h5-8,10,16-17H,9,11H2,1-4H3. The molecule has 1 aromatic carbocycles. The van der Waals surface area contributed by atoms with Gasteiger partial charge in [0.1, 0.15) is 0 Å². The molecule has 0 radical (unpaired) electrons. The summed E-state index contributed by atoms with van der Waals surface area (Å²) in [5.41, 5.74) is 2.72. The summed E-state index contributed by atoms with van der Waals surface area (Å²) in [7, 11) is 4.24. The van der Waals surface area contributed by atoms with Crippen molar-refractivity contribution in [3.63, 3.8) is 0 Å². The number of benzene rings is 1. The molecule has 1 aromatic heterocycles. The summed E-state index contributed by atoms with van der Waals surface area (Å²) in [5, 5.41) is 4.85. The van der Waals surface area contributed by atoms with E-state index in [4.69, 9.17) is 0 Å². The summed E-state index contributed by atoms with van der Waals surface area (Å²) in [6, 6.07) is 8.43.